The van der Waals surface area contributed by atoms with E-state index in [0.29, 0.717) is 19.5 Å². The van der Waals surface area contributed by atoms with Crippen molar-refractivity contribution in [2.24, 2.45) is 5.41 Å². The Hall–Kier alpha value is -1.07. The Balaban J connectivity index is 2.07. The number of thiophene rings is 1. The van der Waals surface area contributed by atoms with Crippen LogP contribution in [-0.2, 0) is 16.0 Å². The lowest BCUT2D eigenvalue weighted by Gasteiger charge is -2.32. The highest BCUT2D eigenvalue weighted by Gasteiger charge is 2.37. The Kier molecular flexibility index (Phi) is 4.94. The van der Waals surface area contributed by atoms with E-state index in [1.807, 2.05) is 32.9 Å². The van der Waals surface area contributed by atoms with Crippen molar-refractivity contribution < 1.29 is 9.59 Å². The first-order valence-corrected chi connectivity index (χ1v) is 8.29. The van der Waals surface area contributed by atoms with Crippen molar-refractivity contribution in [3.8, 4) is 0 Å². The molecule has 2 heterocycles. The van der Waals surface area contributed by atoms with E-state index in [1.165, 1.54) is 11.3 Å². The predicted molar refractivity (Wildman–Crippen MR) is 85.6 cm³/mol. The summed E-state index contributed by atoms with van der Waals surface area (Å²) in [6.07, 6.45) is 1.14. The minimum absolute atomic E-state index is 0.0102. The van der Waals surface area contributed by atoms with Crippen molar-refractivity contribution in [1.29, 1.82) is 0 Å². The lowest BCUT2D eigenvalue weighted by Crippen LogP contribution is -2.52. The number of nitrogens with one attached hydrogen (secondary N) is 1. The van der Waals surface area contributed by atoms with Crippen molar-refractivity contribution in [1.82, 2.24) is 10.2 Å². The van der Waals surface area contributed by atoms with Gasteiger partial charge < -0.3 is 10.2 Å². The molecule has 1 aliphatic heterocycles. The topological polar surface area (TPSA) is 49.4 Å². The van der Waals surface area contributed by atoms with Gasteiger partial charge in [-0.15, -0.1) is 11.3 Å². The van der Waals surface area contributed by atoms with E-state index in [-0.39, 0.29) is 17.2 Å². The number of halogens is 1. The van der Waals surface area contributed by atoms with Gasteiger partial charge in [0, 0.05) is 24.4 Å². The van der Waals surface area contributed by atoms with Crippen molar-refractivity contribution in [3.63, 3.8) is 0 Å². The Bertz CT molecular complexity index is 536. The Morgan fingerprint density at radius 3 is 2.67 bits per heavy atom. The lowest BCUT2D eigenvalue weighted by molar-refractivity contribution is -0.136. The van der Waals surface area contributed by atoms with Gasteiger partial charge in [0.15, 0.2) is 0 Å². The first kappa shape index (κ1) is 16.3. The van der Waals surface area contributed by atoms with Crippen LogP contribution >= 0.6 is 22.9 Å². The van der Waals surface area contributed by atoms with E-state index >= 15 is 0 Å². The molecule has 0 radical (unpaired) electrons. The van der Waals surface area contributed by atoms with Gasteiger partial charge in [-0.1, -0.05) is 32.4 Å². The number of hydrogen-bond donors (Lipinski definition) is 1. The summed E-state index contributed by atoms with van der Waals surface area (Å²) in [5.74, 6) is -0.0408. The normalized spacial score (nSPS) is 20.4. The summed E-state index contributed by atoms with van der Waals surface area (Å²) in [6.45, 7) is 7.02. The minimum Gasteiger partial charge on any atom is -0.344 e. The molecule has 1 fully saturated rings. The van der Waals surface area contributed by atoms with Crippen molar-refractivity contribution in [3.05, 3.63) is 21.3 Å². The smallest absolute Gasteiger partial charge is 0.245 e. The summed E-state index contributed by atoms with van der Waals surface area (Å²) in [4.78, 5) is 27.4. The average Bonchev–Trinajstić information content (AvgIpc) is 2.73. The maximum absolute atomic E-state index is 12.7. The molecular weight excluding hydrogens is 308 g/mol. The Labute approximate surface area is 134 Å². The zero-order valence-corrected chi connectivity index (χ0v) is 14.2. The molecule has 6 heteroatoms. The fourth-order valence-electron chi connectivity index (χ4n) is 2.36. The van der Waals surface area contributed by atoms with Gasteiger partial charge in [-0.3, -0.25) is 9.59 Å². The lowest BCUT2D eigenvalue weighted by atomic mass is 9.86. The van der Waals surface area contributed by atoms with Gasteiger partial charge in [-0.05, 0) is 24.0 Å². The Morgan fingerprint density at radius 1 is 1.38 bits per heavy atom. The first-order chi connectivity index (χ1) is 9.77. The number of amides is 2. The van der Waals surface area contributed by atoms with Gasteiger partial charge in [-0.25, -0.2) is 0 Å². The second kappa shape index (κ2) is 6.36. The van der Waals surface area contributed by atoms with Crippen LogP contribution in [0.15, 0.2) is 12.1 Å². The highest BCUT2D eigenvalue weighted by atomic mass is 35.5. The maximum atomic E-state index is 12.7. The molecule has 1 N–H and O–H groups in total. The number of carbonyl (C=O) groups is 2. The molecule has 2 rings (SSSR count). The maximum Gasteiger partial charge on any atom is 0.245 e. The third-order valence-electron chi connectivity index (χ3n) is 3.60. The fraction of sp³-hybridized carbons (Fsp3) is 0.600. The molecule has 4 nitrogen and oxygen atoms in total. The van der Waals surface area contributed by atoms with Gasteiger partial charge in [0.25, 0.3) is 0 Å². The summed E-state index contributed by atoms with van der Waals surface area (Å²) in [6, 6.07) is 3.40. The number of rotatable bonds is 3. The summed E-state index contributed by atoms with van der Waals surface area (Å²) in [5.41, 5.74) is -0.290. The van der Waals surface area contributed by atoms with E-state index in [0.717, 1.165) is 15.6 Å². The van der Waals surface area contributed by atoms with E-state index < -0.39 is 6.04 Å². The summed E-state index contributed by atoms with van der Waals surface area (Å²) >= 11 is 7.46. The molecule has 1 atom stereocenters. The van der Waals surface area contributed by atoms with Crippen molar-refractivity contribution in [2.75, 3.05) is 13.1 Å². The highest BCUT2D eigenvalue weighted by molar-refractivity contribution is 7.16. The SMILES string of the molecule is CC(C)(C)C1NC(=O)CCN(CCc2ccc(Cl)s2)C1=O. The molecule has 0 aromatic carbocycles. The Morgan fingerprint density at radius 2 is 2.10 bits per heavy atom. The summed E-state index contributed by atoms with van der Waals surface area (Å²) in [7, 11) is 0. The zero-order valence-electron chi connectivity index (χ0n) is 12.6. The van der Waals surface area contributed by atoms with Crippen LogP contribution in [0.3, 0.4) is 0 Å². The second-order valence-corrected chi connectivity index (χ2v) is 8.20. The molecule has 1 unspecified atom stereocenters. The van der Waals surface area contributed by atoms with E-state index in [2.05, 4.69) is 5.32 Å². The number of nitrogens with zero attached hydrogens (tertiary/aromatic N) is 1. The van der Waals surface area contributed by atoms with Crippen LogP contribution in [0.2, 0.25) is 4.34 Å². The van der Waals surface area contributed by atoms with Crippen molar-refractivity contribution in [2.45, 2.75) is 39.7 Å². The molecule has 0 saturated carbocycles. The molecule has 0 bridgehead atoms. The van der Waals surface area contributed by atoms with Gasteiger partial charge in [0.2, 0.25) is 11.8 Å². The second-order valence-electron chi connectivity index (χ2n) is 6.40. The molecule has 0 aliphatic carbocycles. The number of carbonyl (C=O) groups excluding carboxylic acids is 2. The average molecular weight is 329 g/mol. The third kappa shape index (κ3) is 4.20. The van der Waals surface area contributed by atoms with Crippen LogP contribution in [0.1, 0.15) is 32.1 Å². The van der Waals surface area contributed by atoms with Gasteiger partial charge >= 0.3 is 0 Å². The fourth-order valence-corrected chi connectivity index (χ4v) is 3.44. The van der Waals surface area contributed by atoms with Crippen LogP contribution in [-0.4, -0.2) is 35.8 Å². The van der Waals surface area contributed by atoms with Crippen LogP contribution in [0, 0.1) is 5.41 Å². The predicted octanol–water partition coefficient (Wildman–Crippen LogP) is 2.71. The van der Waals surface area contributed by atoms with Crippen molar-refractivity contribution >= 4 is 34.8 Å². The van der Waals surface area contributed by atoms with Gasteiger partial charge in [0.1, 0.15) is 6.04 Å². The third-order valence-corrected chi connectivity index (χ3v) is 4.89. The van der Waals surface area contributed by atoms with Gasteiger partial charge in [-0.2, -0.15) is 0 Å². The van der Waals surface area contributed by atoms with Crippen LogP contribution in [0.4, 0.5) is 0 Å². The minimum atomic E-state index is -0.459. The largest absolute Gasteiger partial charge is 0.344 e. The van der Waals surface area contributed by atoms with E-state index in [4.69, 9.17) is 11.6 Å². The van der Waals surface area contributed by atoms with Crippen LogP contribution < -0.4 is 5.32 Å². The molecule has 21 heavy (non-hydrogen) atoms. The zero-order chi connectivity index (χ0) is 15.6. The molecule has 1 saturated heterocycles. The molecule has 1 aromatic heterocycles. The molecule has 1 aliphatic rings. The van der Waals surface area contributed by atoms with Crippen LogP contribution in [0.5, 0.6) is 0 Å². The first-order valence-electron chi connectivity index (χ1n) is 7.10. The molecule has 0 spiro atoms. The number of hydrogen-bond acceptors (Lipinski definition) is 3. The molecule has 116 valence electrons. The van der Waals surface area contributed by atoms with Gasteiger partial charge in [0.05, 0.1) is 4.34 Å². The van der Waals surface area contributed by atoms with E-state index in [9.17, 15) is 9.59 Å². The summed E-state index contributed by atoms with van der Waals surface area (Å²) in [5, 5.41) is 2.85. The quantitative estimate of drug-likeness (QED) is 0.927. The monoisotopic (exact) mass is 328 g/mol. The van der Waals surface area contributed by atoms with E-state index in [1.54, 1.807) is 4.90 Å². The highest BCUT2D eigenvalue weighted by Crippen LogP contribution is 2.25. The molecular formula is C15H21ClN2O2S. The molecule has 1 aromatic rings. The van der Waals surface area contributed by atoms with Crippen LogP contribution in [0.25, 0.3) is 0 Å². The standard InChI is InChI=1S/C15H21ClN2O2S/c1-15(2,3)13-14(20)18(9-7-12(19)17-13)8-6-10-4-5-11(16)21-10/h4-5,13H,6-9H2,1-3H3,(H,17,19). The summed E-state index contributed by atoms with van der Waals surface area (Å²) < 4.78 is 0.761. The molecule has 2 amide bonds.